The van der Waals surface area contributed by atoms with Gasteiger partial charge >= 0.3 is 0 Å². The van der Waals surface area contributed by atoms with Gasteiger partial charge in [-0.15, -0.1) is 0 Å². The highest BCUT2D eigenvalue weighted by atomic mass is 35.5. The minimum Gasteiger partial charge on any atom is -0.356 e. The van der Waals surface area contributed by atoms with Gasteiger partial charge in [0.25, 0.3) is 0 Å². The highest BCUT2D eigenvalue weighted by Crippen LogP contribution is 2.40. The summed E-state index contributed by atoms with van der Waals surface area (Å²) < 4.78 is 14.1. The number of rotatable bonds is 2. The summed E-state index contributed by atoms with van der Waals surface area (Å²) >= 11 is 12.1. The Kier molecular flexibility index (Phi) is 4.45. The Morgan fingerprint density at radius 3 is 2.55 bits per heavy atom. The summed E-state index contributed by atoms with van der Waals surface area (Å²) in [6.07, 6.45) is 3.98. The van der Waals surface area contributed by atoms with Crippen molar-refractivity contribution in [3.8, 4) is 0 Å². The van der Waals surface area contributed by atoms with E-state index in [4.69, 9.17) is 23.2 Å². The van der Waals surface area contributed by atoms with Crippen molar-refractivity contribution in [3.05, 3.63) is 87.0 Å². The smallest absolute Gasteiger partial charge is 0.226 e. The van der Waals surface area contributed by atoms with E-state index in [9.17, 15) is 4.39 Å². The van der Waals surface area contributed by atoms with Crippen molar-refractivity contribution in [2.45, 2.75) is 19.4 Å². The van der Waals surface area contributed by atoms with Gasteiger partial charge in [0.05, 0.1) is 28.5 Å². The fraction of sp³-hybridized carbons (Fsp3) is 0.182. The first-order valence-electron chi connectivity index (χ1n) is 9.31. The second-order valence-electron chi connectivity index (χ2n) is 7.29. The van der Waals surface area contributed by atoms with Crippen LogP contribution in [0.5, 0.6) is 0 Å². The molecule has 0 saturated carbocycles. The normalized spacial score (nSPS) is 16.3. The van der Waals surface area contributed by atoms with E-state index >= 15 is 0 Å². The molecule has 0 fully saturated rings. The van der Waals surface area contributed by atoms with Gasteiger partial charge < -0.3 is 9.88 Å². The Morgan fingerprint density at radius 2 is 1.83 bits per heavy atom. The fourth-order valence-corrected chi connectivity index (χ4v) is 4.31. The first kappa shape index (κ1) is 18.4. The molecule has 0 saturated heterocycles. The number of halogens is 3. The SMILES string of the molecule is Cc1ccc(C2c3[nH]c4cc(F)c(Cl)cc4c3CCN2c2ncc(Cl)cn2)cc1. The second-order valence-corrected chi connectivity index (χ2v) is 8.13. The van der Waals surface area contributed by atoms with Crippen LogP contribution in [0.1, 0.15) is 28.4 Å². The second kappa shape index (κ2) is 7.01. The van der Waals surface area contributed by atoms with Gasteiger partial charge in [0, 0.05) is 23.1 Å². The average molecular weight is 427 g/mol. The van der Waals surface area contributed by atoms with E-state index in [-0.39, 0.29) is 11.1 Å². The van der Waals surface area contributed by atoms with Crippen LogP contribution in [0, 0.1) is 12.7 Å². The highest BCUT2D eigenvalue weighted by Gasteiger charge is 2.33. The summed E-state index contributed by atoms with van der Waals surface area (Å²) in [5.41, 5.74) is 5.19. The minimum absolute atomic E-state index is 0.130. The topological polar surface area (TPSA) is 44.8 Å². The third-order valence-electron chi connectivity index (χ3n) is 5.42. The summed E-state index contributed by atoms with van der Waals surface area (Å²) in [4.78, 5) is 14.5. The van der Waals surface area contributed by atoms with Crippen LogP contribution in [0.2, 0.25) is 10.0 Å². The molecular weight excluding hydrogens is 410 g/mol. The maximum atomic E-state index is 14.1. The molecule has 1 aliphatic heterocycles. The fourth-order valence-electron chi connectivity index (χ4n) is 4.05. The van der Waals surface area contributed by atoms with Gasteiger partial charge in [-0.3, -0.25) is 0 Å². The summed E-state index contributed by atoms with van der Waals surface area (Å²) in [5.74, 6) is 0.177. The number of aromatic nitrogens is 3. The zero-order valence-electron chi connectivity index (χ0n) is 15.6. The van der Waals surface area contributed by atoms with Crippen molar-refractivity contribution in [2.75, 3.05) is 11.4 Å². The molecule has 1 atom stereocenters. The molecule has 3 heterocycles. The van der Waals surface area contributed by atoms with Crippen molar-refractivity contribution in [1.82, 2.24) is 15.0 Å². The monoisotopic (exact) mass is 426 g/mol. The number of aromatic amines is 1. The van der Waals surface area contributed by atoms with Crippen molar-refractivity contribution in [1.29, 1.82) is 0 Å². The summed E-state index contributed by atoms with van der Waals surface area (Å²) in [5, 5.41) is 1.59. The van der Waals surface area contributed by atoms with E-state index in [1.54, 1.807) is 18.5 Å². The Bertz CT molecular complexity index is 1200. The summed E-state index contributed by atoms with van der Waals surface area (Å²) in [6, 6.07) is 11.4. The predicted molar refractivity (Wildman–Crippen MR) is 114 cm³/mol. The molecule has 146 valence electrons. The molecule has 0 bridgehead atoms. The van der Waals surface area contributed by atoms with E-state index in [2.05, 4.69) is 51.0 Å². The lowest BCUT2D eigenvalue weighted by atomic mass is 9.92. The Morgan fingerprint density at radius 1 is 1.10 bits per heavy atom. The Hall–Kier alpha value is -2.63. The number of nitrogens with one attached hydrogen (secondary N) is 1. The van der Waals surface area contributed by atoms with Crippen LogP contribution in [0.3, 0.4) is 0 Å². The van der Waals surface area contributed by atoms with Gasteiger partial charge in [0.1, 0.15) is 5.82 Å². The lowest BCUT2D eigenvalue weighted by Crippen LogP contribution is -2.37. The molecule has 5 rings (SSSR count). The molecule has 29 heavy (non-hydrogen) atoms. The maximum Gasteiger partial charge on any atom is 0.226 e. The van der Waals surface area contributed by atoms with Crippen LogP contribution in [0.15, 0.2) is 48.8 Å². The first-order valence-corrected chi connectivity index (χ1v) is 10.1. The largest absolute Gasteiger partial charge is 0.356 e. The Balaban J connectivity index is 1.71. The molecule has 1 unspecified atom stereocenters. The molecule has 1 aliphatic rings. The van der Waals surface area contributed by atoms with Crippen LogP contribution in [0.4, 0.5) is 10.3 Å². The zero-order chi connectivity index (χ0) is 20.1. The number of hydrogen-bond acceptors (Lipinski definition) is 3. The van der Waals surface area contributed by atoms with Gasteiger partial charge in [-0.1, -0.05) is 53.0 Å². The molecule has 0 radical (unpaired) electrons. The van der Waals surface area contributed by atoms with Crippen molar-refractivity contribution < 1.29 is 4.39 Å². The molecule has 1 N–H and O–H groups in total. The van der Waals surface area contributed by atoms with Crippen LogP contribution in [-0.2, 0) is 6.42 Å². The number of anilines is 1. The summed E-state index contributed by atoms with van der Waals surface area (Å²) in [6.45, 7) is 2.78. The lowest BCUT2D eigenvalue weighted by Gasteiger charge is -2.36. The van der Waals surface area contributed by atoms with E-state index < -0.39 is 5.82 Å². The third kappa shape index (κ3) is 3.15. The molecule has 4 nitrogen and oxygen atoms in total. The van der Waals surface area contributed by atoms with Crippen molar-refractivity contribution >= 4 is 40.1 Å². The molecule has 0 spiro atoms. The van der Waals surface area contributed by atoms with Gasteiger partial charge in [-0.25, -0.2) is 14.4 Å². The van der Waals surface area contributed by atoms with Crippen molar-refractivity contribution in [3.63, 3.8) is 0 Å². The molecule has 7 heteroatoms. The summed E-state index contributed by atoms with van der Waals surface area (Å²) in [7, 11) is 0. The zero-order valence-corrected chi connectivity index (χ0v) is 17.1. The van der Waals surface area contributed by atoms with Crippen LogP contribution >= 0.6 is 23.2 Å². The highest BCUT2D eigenvalue weighted by molar-refractivity contribution is 6.31. The average Bonchev–Trinajstić information content (AvgIpc) is 3.06. The van der Waals surface area contributed by atoms with Crippen LogP contribution in [-0.4, -0.2) is 21.5 Å². The van der Waals surface area contributed by atoms with Gasteiger partial charge in [0.15, 0.2) is 0 Å². The number of aryl methyl sites for hydroxylation is 1. The Labute approximate surface area is 177 Å². The number of nitrogens with zero attached hydrogens (tertiary/aromatic N) is 3. The number of fused-ring (bicyclic) bond motifs is 3. The molecule has 0 aliphatic carbocycles. The minimum atomic E-state index is -0.428. The van der Waals surface area contributed by atoms with Gasteiger partial charge in [-0.05, 0) is 36.6 Å². The van der Waals surface area contributed by atoms with Gasteiger partial charge in [0.2, 0.25) is 5.95 Å². The standard InChI is InChI=1S/C22H17Cl2FN4/c1-12-2-4-13(5-3-12)21-20-15(16-8-17(24)18(25)9-19(16)28-20)6-7-29(21)22-26-10-14(23)11-27-22/h2-5,8-11,21,28H,6-7H2,1H3. The van der Waals surface area contributed by atoms with E-state index in [1.807, 2.05) is 0 Å². The molecule has 4 aromatic rings. The number of benzene rings is 2. The van der Waals surface area contributed by atoms with Crippen LogP contribution < -0.4 is 4.90 Å². The first-order chi connectivity index (χ1) is 14.0. The number of hydrogen-bond donors (Lipinski definition) is 1. The quantitative estimate of drug-likeness (QED) is 0.436. The lowest BCUT2D eigenvalue weighted by molar-refractivity contribution is 0.626. The van der Waals surface area contributed by atoms with Crippen molar-refractivity contribution in [2.24, 2.45) is 0 Å². The predicted octanol–water partition coefficient (Wildman–Crippen LogP) is 5.86. The molecule has 2 aromatic carbocycles. The molecule has 2 aromatic heterocycles. The van der Waals surface area contributed by atoms with E-state index in [0.29, 0.717) is 11.0 Å². The third-order valence-corrected chi connectivity index (χ3v) is 5.91. The maximum absolute atomic E-state index is 14.1. The van der Waals surface area contributed by atoms with Crippen LogP contribution in [0.25, 0.3) is 10.9 Å². The van der Waals surface area contributed by atoms with E-state index in [1.165, 1.54) is 11.6 Å². The molecule has 0 amide bonds. The van der Waals surface area contributed by atoms with E-state index in [0.717, 1.165) is 40.7 Å². The van der Waals surface area contributed by atoms with Gasteiger partial charge in [-0.2, -0.15) is 0 Å². The molecular formula is C22H17Cl2FN4. The number of H-pyrrole nitrogens is 1.